The van der Waals surface area contributed by atoms with Gasteiger partial charge in [-0.1, -0.05) is 69.7 Å². The lowest BCUT2D eigenvalue weighted by atomic mass is 9.73. The Morgan fingerprint density at radius 3 is 2.28 bits per heavy atom. The minimum Gasteiger partial charge on any atom is -0.493 e. The molecule has 2 aromatic carbocycles. The van der Waals surface area contributed by atoms with Gasteiger partial charge in [0.15, 0.2) is 11.5 Å². The lowest BCUT2D eigenvalue weighted by Gasteiger charge is -2.35. The van der Waals surface area contributed by atoms with Gasteiger partial charge in [-0.05, 0) is 81.4 Å². The molecule has 0 spiro atoms. The third-order valence-electron chi connectivity index (χ3n) is 8.46. The number of hydrogen-bond acceptors (Lipinski definition) is 5. The van der Waals surface area contributed by atoms with Crippen LogP contribution in [0.5, 0.6) is 11.5 Å². The van der Waals surface area contributed by atoms with Crippen LogP contribution in [0.2, 0.25) is 0 Å². The summed E-state index contributed by atoms with van der Waals surface area (Å²) < 4.78 is 24.6. The maximum atomic E-state index is 13.3. The molecule has 1 saturated heterocycles. The fourth-order valence-electron chi connectivity index (χ4n) is 6.07. The molecule has 3 rings (SSSR count). The molecule has 6 heteroatoms. The summed E-state index contributed by atoms with van der Waals surface area (Å²) in [6.07, 6.45) is 10.9. The number of nitrogens with zero attached hydrogens (tertiary/aromatic N) is 2. The molecule has 1 fully saturated rings. The Balaban J connectivity index is 1.62. The number of likely N-dealkylation sites (tertiary alicyclic amines) is 1. The molecule has 0 aromatic heterocycles. The molecule has 39 heavy (non-hydrogen) atoms. The highest BCUT2D eigenvalue weighted by atomic mass is 19.1. The standard InChI is InChI=1S/C33H47FN2O3/c1-4-5-6-7-8-9-20-33(25-35,29-12-10-13-30(38-2)32(29)39-3)21-11-22-36-23-18-27(19-24-36)31(37)26-14-16-28(34)17-15-26/h10,12-17,27,31,37H,4-9,11,18-24H2,1-3H3. The average Bonchev–Trinajstić information content (AvgIpc) is 2.98. The number of nitriles is 1. The highest BCUT2D eigenvalue weighted by molar-refractivity contribution is 5.52. The van der Waals surface area contributed by atoms with Crippen molar-refractivity contribution in [2.24, 2.45) is 5.92 Å². The van der Waals surface area contributed by atoms with Crippen molar-refractivity contribution in [2.75, 3.05) is 33.9 Å². The van der Waals surface area contributed by atoms with Crippen LogP contribution >= 0.6 is 0 Å². The van der Waals surface area contributed by atoms with E-state index < -0.39 is 11.5 Å². The number of halogens is 1. The SMILES string of the molecule is CCCCCCCCC(C#N)(CCCN1CCC(C(O)c2ccc(F)cc2)CC1)c1cccc(OC)c1OC. The Hall–Kier alpha value is -2.62. The lowest BCUT2D eigenvalue weighted by molar-refractivity contribution is 0.0580. The van der Waals surface area contributed by atoms with E-state index in [9.17, 15) is 14.8 Å². The van der Waals surface area contributed by atoms with E-state index in [1.807, 2.05) is 18.2 Å². The van der Waals surface area contributed by atoms with Crippen LogP contribution in [0.3, 0.4) is 0 Å². The fraction of sp³-hybridized carbons (Fsp3) is 0.606. The summed E-state index contributed by atoms with van der Waals surface area (Å²) in [6.45, 7) is 4.99. The summed E-state index contributed by atoms with van der Waals surface area (Å²) in [5.74, 6) is 1.23. The Morgan fingerprint density at radius 1 is 0.974 bits per heavy atom. The van der Waals surface area contributed by atoms with Crippen molar-refractivity contribution in [2.45, 2.75) is 89.1 Å². The quantitative estimate of drug-likeness (QED) is 0.223. The molecule has 0 radical (unpaired) electrons. The number of para-hydroxylation sites is 1. The second kappa shape index (κ2) is 15.8. The first-order valence-corrected chi connectivity index (χ1v) is 14.8. The summed E-state index contributed by atoms with van der Waals surface area (Å²) in [6, 6.07) is 14.8. The van der Waals surface area contributed by atoms with Gasteiger partial charge < -0.3 is 19.5 Å². The molecule has 2 atom stereocenters. The monoisotopic (exact) mass is 538 g/mol. The van der Waals surface area contributed by atoms with Crippen LogP contribution in [0.1, 0.15) is 94.8 Å². The summed E-state index contributed by atoms with van der Waals surface area (Å²) in [5.41, 5.74) is 1.10. The first-order valence-electron chi connectivity index (χ1n) is 14.8. The molecule has 0 bridgehead atoms. The van der Waals surface area contributed by atoms with Crippen LogP contribution < -0.4 is 9.47 Å². The predicted molar refractivity (Wildman–Crippen MR) is 155 cm³/mol. The van der Waals surface area contributed by atoms with Gasteiger partial charge in [0.1, 0.15) is 5.82 Å². The van der Waals surface area contributed by atoms with E-state index in [0.717, 1.165) is 75.7 Å². The second-order valence-corrected chi connectivity index (χ2v) is 11.0. The van der Waals surface area contributed by atoms with Crippen molar-refractivity contribution >= 4 is 0 Å². The van der Waals surface area contributed by atoms with Crippen molar-refractivity contribution in [3.63, 3.8) is 0 Å². The van der Waals surface area contributed by atoms with Crippen LogP contribution in [0.15, 0.2) is 42.5 Å². The van der Waals surface area contributed by atoms with Crippen LogP contribution in [0, 0.1) is 23.1 Å². The summed E-state index contributed by atoms with van der Waals surface area (Å²) in [4.78, 5) is 2.45. The zero-order valence-electron chi connectivity index (χ0n) is 24.1. The molecule has 1 aliphatic heterocycles. The third kappa shape index (κ3) is 8.43. The van der Waals surface area contributed by atoms with E-state index in [4.69, 9.17) is 9.47 Å². The summed E-state index contributed by atoms with van der Waals surface area (Å²) in [5, 5.41) is 21.4. The zero-order valence-corrected chi connectivity index (χ0v) is 24.1. The van der Waals surface area contributed by atoms with Gasteiger partial charge in [-0.25, -0.2) is 4.39 Å². The Labute approximate surface area is 234 Å². The van der Waals surface area contributed by atoms with Gasteiger partial charge >= 0.3 is 0 Å². The van der Waals surface area contributed by atoms with Gasteiger partial charge in [-0.15, -0.1) is 0 Å². The number of aliphatic hydroxyl groups is 1. The Morgan fingerprint density at radius 2 is 1.64 bits per heavy atom. The molecule has 1 N–H and O–H groups in total. The third-order valence-corrected chi connectivity index (χ3v) is 8.46. The average molecular weight is 539 g/mol. The van der Waals surface area contributed by atoms with Gasteiger partial charge in [0.25, 0.3) is 0 Å². The number of hydrogen-bond donors (Lipinski definition) is 1. The Bertz CT molecular complexity index is 1030. The summed E-state index contributed by atoms with van der Waals surface area (Å²) in [7, 11) is 3.29. The molecular formula is C33H47FN2O3. The topological polar surface area (TPSA) is 65.7 Å². The van der Waals surface area contributed by atoms with Gasteiger partial charge in [-0.3, -0.25) is 0 Å². The molecule has 1 heterocycles. The van der Waals surface area contributed by atoms with E-state index in [-0.39, 0.29) is 11.7 Å². The fourth-order valence-corrected chi connectivity index (χ4v) is 6.07. The number of methoxy groups -OCH3 is 2. The molecule has 214 valence electrons. The van der Waals surface area contributed by atoms with Gasteiger partial charge in [0, 0.05) is 5.56 Å². The van der Waals surface area contributed by atoms with Gasteiger partial charge in [0.2, 0.25) is 0 Å². The minimum absolute atomic E-state index is 0.179. The number of piperidine rings is 1. The van der Waals surface area contributed by atoms with Crippen LogP contribution in [-0.4, -0.2) is 43.9 Å². The first kappa shape index (κ1) is 30.9. The number of benzene rings is 2. The normalized spacial score (nSPS) is 16.8. The lowest BCUT2D eigenvalue weighted by Crippen LogP contribution is -2.37. The van der Waals surface area contributed by atoms with Crippen LogP contribution in [-0.2, 0) is 5.41 Å². The minimum atomic E-state index is -0.623. The molecular weight excluding hydrogens is 491 g/mol. The van der Waals surface area contributed by atoms with Crippen LogP contribution in [0.4, 0.5) is 4.39 Å². The van der Waals surface area contributed by atoms with Gasteiger partial charge in [-0.2, -0.15) is 5.26 Å². The molecule has 0 amide bonds. The number of aliphatic hydroxyl groups excluding tert-OH is 1. The van der Waals surface area contributed by atoms with Crippen LogP contribution in [0.25, 0.3) is 0 Å². The maximum absolute atomic E-state index is 13.3. The molecule has 5 nitrogen and oxygen atoms in total. The molecule has 0 aliphatic carbocycles. The summed E-state index contributed by atoms with van der Waals surface area (Å²) >= 11 is 0. The highest BCUT2D eigenvalue weighted by Crippen LogP contribution is 2.44. The highest BCUT2D eigenvalue weighted by Gasteiger charge is 2.36. The van der Waals surface area contributed by atoms with E-state index in [0.29, 0.717) is 11.5 Å². The predicted octanol–water partition coefficient (Wildman–Crippen LogP) is 7.58. The van der Waals surface area contributed by atoms with Crippen molar-refractivity contribution in [1.29, 1.82) is 5.26 Å². The van der Waals surface area contributed by atoms with E-state index in [1.165, 1.54) is 37.8 Å². The second-order valence-electron chi connectivity index (χ2n) is 11.0. The Kier molecular flexibility index (Phi) is 12.6. The maximum Gasteiger partial charge on any atom is 0.165 e. The van der Waals surface area contributed by atoms with Gasteiger partial charge in [0.05, 0.1) is 31.8 Å². The number of rotatable bonds is 16. The largest absolute Gasteiger partial charge is 0.493 e. The van der Waals surface area contributed by atoms with Crippen molar-refractivity contribution in [3.8, 4) is 17.6 Å². The van der Waals surface area contributed by atoms with E-state index in [1.54, 1.807) is 26.4 Å². The first-order chi connectivity index (χ1) is 19.0. The molecule has 0 saturated carbocycles. The van der Waals surface area contributed by atoms with Crippen molar-refractivity contribution < 1.29 is 19.0 Å². The van der Waals surface area contributed by atoms with Crippen molar-refractivity contribution in [1.82, 2.24) is 4.90 Å². The van der Waals surface area contributed by atoms with Crippen molar-refractivity contribution in [3.05, 3.63) is 59.4 Å². The van der Waals surface area contributed by atoms with E-state index >= 15 is 0 Å². The van der Waals surface area contributed by atoms with E-state index in [2.05, 4.69) is 17.9 Å². The zero-order chi connectivity index (χ0) is 28.1. The number of unbranched alkanes of at least 4 members (excludes halogenated alkanes) is 5. The molecule has 1 aliphatic rings. The molecule has 2 unspecified atom stereocenters. The molecule has 2 aromatic rings. The smallest absolute Gasteiger partial charge is 0.165 e. The number of ether oxygens (including phenoxy) is 2.